The molecule has 2 amide bonds. The minimum atomic E-state index is -0.272. The van der Waals surface area contributed by atoms with Crippen molar-refractivity contribution in [1.29, 1.82) is 0 Å². The Morgan fingerprint density at radius 2 is 2.03 bits per heavy atom. The van der Waals surface area contributed by atoms with Crippen molar-refractivity contribution in [1.82, 2.24) is 9.78 Å². The molecule has 8 heteroatoms. The number of carbonyl (C=O) groups excluding carboxylic acids is 2. The Morgan fingerprint density at radius 3 is 2.73 bits per heavy atom. The molecule has 1 N–H and O–H groups in total. The second kappa shape index (κ2) is 8.57. The van der Waals surface area contributed by atoms with Gasteiger partial charge >= 0.3 is 0 Å². The highest BCUT2D eigenvalue weighted by Gasteiger charge is 2.39. The first-order valence-electron chi connectivity index (χ1n) is 10.5. The van der Waals surface area contributed by atoms with Gasteiger partial charge in [-0.3, -0.25) is 14.3 Å². The number of aliphatic hydroxyl groups is 1. The van der Waals surface area contributed by atoms with Gasteiger partial charge in [-0.05, 0) is 43.9 Å². The third-order valence-electron chi connectivity index (χ3n) is 5.68. The summed E-state index contributed by atoms with van der Waals surface area (Å²) in [5.41, 5.74) is 3.49. The van der Waals surface area contributed by atoms with Crippen molar-refractivity contribution >= 4 is 23.2 Å². The average molecular weight is 412 g/mol. The van der Waals surface area contributed by atoms with Gasteiger partial charge in [-0.2, -0.15) is 5.10 Å². The van der Waals surface area contributed by atoms with Crippen LogP contribution in [0.25, 0.3) is 11.1 Å². The van der Waals surface area contributed by atoms with Gasteiger partial charge in [0.25, 0.3) is 0 Å². The maximum Gasteiger partial charge on any atom is 0.230 e. The number of benzene rings is 1. The quantitative estimate of drug-likeness (QED) is 0.557. The first-order chi connectivity index (χ1) is 14.5. The molecule has 160 valence electrons. The molecule has 2 aromatic rings. The lowest BCUT2D eigenvalue weighted by atomic mass is 10.0. The number of carbonyl (C=O) groups is 2. The van der Waals surface area contributed by atoms with E-state index >= 15 is 0 Å². The van der Waals surface area contributed by atoms with Gasteiger partial charge in [-0.1, -0.05) is 6.07 Å². The molecule has 0 saturated heterocycles. The van der Waals surface area contributed by atoms with Crippen molar-refractivity contribution < 1.29 is 19.4 Å². The van der Waals surface area contributed by atoms with Gasteiger partial charge in [0.2, 0.25) is 11.8 Å². The summed E-state index contributed by atoms with van der Waals surface area (Å²) >= 11 is 0. The summed E-state index contributed by atoms with van der Waals surface area (Å²) in [6.45, 7) is 4.95. The Balaban J connectivity index is 1.63. The summed E-state index contributed by atoms with van der Waals surface area (Å²) in [5, 5.41) is 13.1. The molecule has 2 aliphatic rings. The van der Waals surface area contributed by atoms with Gasteiger partial charge in [0.1, 0.15) is 6.79 Å². The number of aromatic nitrogens is 2. The van der Waals surface area contributed by atoms with Gasteiger partial charge in [0, 0.05) is 37.7 Å². The molecule has 1 atom stereocenters. The standard InChI is InChI=1S/C22H28N4O4/c1-15-12-25(22(29)17-4-5-17)21-10-18(6-7-20(21)26(15)16(2)28)19-11-23-24(13-19)8-3-9-30-14-27/h6-7,10-11,13,15,17,27H,3-5,8-9,12,14H2,1-2H3/t15-/m0/s1. The van der Waals surface area contributed by atoms with Crippen LogP contribution in [0.2, 0.25) is 0 Å². The Kier molecular flexibility index (Phi) is 5.87. The summed E-state index contributed by atoms with van der Waals surface area (Å²) < 4.78 is 6.79. The van der Waals surface area contributed by atoms with Crippen LogP contribution in [0.5, 0.6) is 0 Å². The summed E-state index contributed by atoms with van der Waals surface area (Å²) in [4.78, 5) is 28.9. The molecule has 1 saturated carbocycles. The number of rotatable bonds is 7. The van der Waals surface area contributed by atoms with Crippen molar-refractivity contribution in [2.75, 3.05) is 29.7 Å². The minimum Gasteiger partial charge on any atom is -0.371 e. The van der Waals surface area contributed by atoms with Crippen LogP contribution in [0.4, 0.5) is 11.4 Å². The summed E-state index contributed by atoms with van der Waals surface area (Å²) in [6.07, 6.45) is 6.41. The maximum atomic E-state index is 12.9. The number of ether oxygens (including phenoxy) is 1. The van der Waals surface area contributed by atoms with Crippen LogP contribution < -0.4 is 9.80 Å². The van der Waals surface area contributed by atoms with E-state index in [9.17, 15) is 9.59 Å². The van der Waals surface area contributed by atoms with Crippen molar-refractivity contribution in [3.63, 3.8) is 0 Å². The van der Waals surface area contributed by atoms with Gasteiger partial charge in [-0.15, -0.1) is 0 Å². The molecule has 2 heterocycles. The summed E-state index contributed by atoms with van der Waals surface area (Å²) in [6, 6.07) is 5.84. The molecule has 1 aromatic heterocycles. The van der Waals surface area contributed by atoms with E-state index in [1.807, 2.05) is 40.9 Å². The maximum absolute atomic E-state index is 12.9. The van der Waals surface area contributed by atoms with Crippen molar-refractivity contribution in [2.24, 2.45) is 5.92 Å². The molecule has 0 spiro atoms. The number of nitrogens with zero attached hydrogens (tertiary/aromatic N) is 4. The fourth-order valence-corrected chi connectivity index (χ4v) is 4.07. The lowest BCUT2D eigenvalue weighted by molar-refractivity contribution is -0.120. The van der Waals surface area contributed by atoms with Gasteiger partial charge < -0.3 is 19.6 Å². The number of amides is 2. The summed E-state index contributed by atoms with van der Waals surface area (Å²) in [5.74, 6) is 0.248. The fraction of sp³-hybridized carbons (Fsp3) is 0.500. The number of hydrogen-bond acceptors (Lipinski definition) is 5. The van der Waals surface area contributed by atoms with Crippen molar-refractivity contribution in [2.45, 2.75) is 45.7 Å². The van der Waals surface area contributed by atoms with Gasteiger partial charge in [-0.25, -0.2) is 0 Å². The van der Waals surface area contributed by atoms with E-state index in [2.05, 4.69) is 5.10 Å². The molecule has 30 heavy (non-hydrogen) atoms. The zero-order chi connectivity index (χ0) is 21.3. The highest BCUT2D eigenvalue weighted by Crippen LogP contribution is 2.41. The molecular formula is C22H28N4O4. The van der Waals surface area contributed by atoms with E-state index in [4.69, 9.17) is 9.84 Å². The minimum absolute atomic E-state index is 0.0204. The second-order valence-corrected chi connectivity index (χ2v) is 8.05. The van der Waals surface area contributed by atoms with Crippen LogP contribution in [-0.4, -0.2) is 52.7 Å². The number of anilines is 2. The van der Waals surface area contributed by atoms with E-state index in [1.54, 1.807) is 18.0 Å². The SMILES string of the molecule is CC(=O)N1c2ccc(-c3cnn(CCCOCO)c3)cc2N(C(=O)C2CC2)C[C@@H]1C. The predicted octanol–water partition coefficient (Wildman–Crippen LogP) is 2.40. The molecule has 1 aliphatic carbocycles. The van der Waals surface area contributed by atoms with Crippen LogP contribution in [-0.2, 0) is 20.9 Å². The molecule has 0 radical (unpaired) electrons. The Hall–Kier alpha value is -2.71. The third kappa shape index (κ3) is 4.11. The fourth-order valence-electron chi connectivity index (χ4n) is 4.07. The lowest BCUT2D eigenvalue weighted by Gasteiger charge is -2.41. The zero-order valence-electron chi connectivity index (χ0n) is 17.5. The molecule has 1 aliphatic heterocycles. The molecule has 0 bridgehead atoms. The second-order valence-electron chi connectivity index (χ2n) is 8.05. The highest BCUT2D eigenvalue weighted by atomic mass is 16.6. The van der Waals surface area contributed by atoms with E-state index in [-0.39, 0.29) is 30.6 Å². The Labute approximate surface area is 176 Å². The van der Waals surface area contributed by atoms with Crippen LogP contribution in [0.1, 0.15) is 33.1 Å². The van der Waals surface area contributed by atoms with Crippen LogP contribution >= 0.6 is 0 Å². The largest absolute Gasteiger partial charge is 0.371 e. The molecular weight excluding hydrogens is 384 g/mol. The molecule has 8 nitrogen and oxygen atoms in total. The van der Waals surface area contributed by atoms with Crippen molar-refractivity contribution in [3.8, 4) is 11.1 Å². The van der Waals surface area contributed by atoms with Crippen LogP contribution in [0.15, 0.2) is 30.6 Å². The average Bonchev–Trinajstić information content (AvgIpc) is 3.47. The van der Waals surface area contributed by atoms with Gasteiger partial charge in [0.05, 0.1) is 30.2 Å². The Morgan fingerprint density at radius 1 is 1.23 bits per heavy atom. The predicted molar refractivity (Wildman–Crippen MR) is 113 cm³/mol. The number of aliphatic hydroxyl groups excluding tert-OH is 1. The number of aryl methyl sites for hydroxylation is 1. The molecule has 1 fully saturated rings. The van der Waals surface area contributed by atoms with E-state index in [1.165, 1.54) is 0 Å². The highest BCUT2D eigenvalue weighted by molar-refractivity contribution is 6.06. The number of fused-ring (bicyclic) bond motifs is 1. The zero-order valence-corrected chi connectivity index (χ0v) is 17.5. The van der Waals surface area contributed by atoms with Crippen molar-refractivity contribution in [3.05, 3.63) is 30.6 Å². The molecule has 4 rings (SSSR count). The third-order valence-corrected chi connectivity index (χ3v) is 5.68. The Bertz CT molecular complexity index is 937. The first kappa shape index (κ1) is 20.6. The summed E-state index contributed by atoms with van der Waals surface area (Å²) in [7, 11) is 0. The smallest absolute Gasteiger partial charge is 0.230 e. The van der Waals surface area contributed by atoms with Gasteiger partial charge in [0.15, 0.2) is 0 Å². The van der Waals surface area contributed by atoms with E-state index in [0.717, 1.165) is 41.8 Å². The van der Waals surface area contributed by atoms with E-state index in [0.29, 0.717) is 19.7 Å². The molecule has 0 unspecified atom stereocenters. The normalized spacial score (nSPS) is 18.4. The van der Waals surface area contributed by atoms with Crippen LogP contribution in [0.3, 0.4) is 0 Å². The number of hydrogen-bond donors (Lipinski definition) is 1. The van der Waals surface area contributed by atoms with E-state index < -0.39 is 0 Å². The monoisotopic (exact) mass is 412 g/mol. The topological polar surface area (TPSA) is 87.9 Å². The lowest BCUT2D eigenvalue weighted by Crippen LogP contribution is -2.51. The molecule has 1 aromatic carbocycles. The van der Waals surface area contributed by atoms with Crippen LogP contribution in [0, 0.1) is 5.92 Å². The first-order valence-corrected chi connectivity index (χ1v) is 10.5.